The molecule has 1 aliphatic heterocycles. The molecule has 0 saturated heterocycles. The van der Waals surface area contributed by atoms with Crippen molar-refractivity contribution < 1.29 is 9.53 Å². The predicted octanol–water partition coefficient (Wildman–Crippen LogP) is 7.58. The molecule has 7 rings (SSSR count). The van der Waals surface area contributed by atoms with E-state index in [0.717, 1.165) is 33.8 Å². The molecule has 1 atom stereocenters. The van der Waals surface area contributed by atoms with E-state index in [1.165, 1.54) is 11.3 Å². The summed E-state index contributed by atoms with van der Waals surface area (Å²) in [4.78, 5) is 33.0. The zero-order valence-corrected chi connectivity index (χ0v) is 27.3. The Bertz CT molecular complexity index is 2320. The van der Waals surface area contributed by atoms with Crippen LogP contribution in [0.3, 0.4) is 0 Å². The van der Waals surface area contributed by atoms with Crippen LogP contribution in [0.4, 0.5) is 0 Å². The van der Waals surface area contributed by atoms with Crippen molar-refractivity contribution >= 4 is 35.0 Å². The van der Waals surface area contributed by atoms with E-state index >= 15 is 0 Å². The SMILES string of the molecule is CCOC(=O)C1=C(C)N=c2s/c(=C\c3cc(-c4ccccc4)n(-c4ccccc4)c3-c3ccccc3)c(=O)n2[C@@H]1c1ccccc1Cl. The number of para-hydroxylation sites is 1. The van der Waals surface area contributed by atoms with E-state index in [4.69, 9.17) is 21.3 Å². The van der Waals surface area contributed by atoms with E-state index in [0.29, 0.717) is 31.2 Å². The monoisotopic (exact) mass is 655 g/mol. The molecule has 0 aliphatic carbocycles. The van der Waals surface area contributed by atoms with Crippen molar-refractivity contribution in [3.05, 3.63) is 168 Å². The van der Waals surface area contributed by atoms with Gasteiger partial charge in [-0.15, -0.1) is 0 Å². The Morgan fingerprint density at radius 2 is 1.51 bits per heavy atom. The number of hydrogen-bond donors (Lipinski definition) is 0. The number of aromatic nitrogens is 2. The molecule has 6 aromatic rings. The molecule has 47 heavy (non-hydrogen) atoms. The summed E-state index contributed by atoms with van der Waals surface area (Å²) in [5, 5.41) is 0.447. The van der Waals surface area contributed by atoms with Gasteiger partial charge in [-0.2, -0.15) is 0 Å². The Morgan fingerprint density at radius 3 is 2.17 bits per heavy atom. The number of benzene rings is 4. The fourth-order valence-electron chi connectivity index (χ4n) is 6.12. The van der Waals surface area contributed by atoms with Gasteiger partial charge < -0.3 is 9.30 Å². The third kappa shape index (κ3) is 5.58. The molecule has 0 unspecified atom stereocenters. The normalized spacial score (nSPS) is 14.5. The van der Waals surface area contributed by atoms with Crippen LogP contribution in [-0.2, 0) is 9.53 Å². The highest BCUT2D eigenvalue weighted by Crippen LogP contribution is 2.37. The van der Waals surface area contributed by atoms with Gasteiger partial charge in [0.2, 0.25) is 0 Å². The first kappa shape index (κ1) is 30.4. The van der Waals surface area contributed by atoms with Gasteiger partial charge in [-0.3, -0.25) is 9.36 Å². The Morgan fingerprint density at radius 1 is 0.894 bits per heavy atom. The fourth-order valence-corrected chi connectivity index (χ4v) is 7.40. The number of ether oxygens (including phenoxy) is 1. The molecular weight excluding hydrogens is 626 g/mol. The van der Waals surface area contributed by atoms with Crippen LogP contribution in [-0.4, -0.2) is 21.7 Å². The van der Waals surface area contributed by atoms with Gasteiger partial charge >= 0.3 is 5.97 Å². The van der Waals surface area contributed by atoms with Gasteiger partial charge in [0.25, 0.3) is 5.56 Å². The Kier molecular flexibility index (Phi) is 8.33. The lowest BCUT2D eigenvalue weighted by atomic mass is 9.96. The van der Waals surface area contributed by atoms with Crippen LogP contribution < -0.4 is 14.9 Å². The number of hydrogen-bond acceptors (Lipinski definition) is 5. The van der Waals surface area contributed by atoms with Gasteiger partial charge in [-0.05, 0) is 60.9 Å². The van der Waals surface area contributed by atoms with E-state index in [-0.39, 0.29) is 12.2 Å². The number of carbonyl (C=O) groups excluding carboxylic acids is 1. The summed E-state index contributed by atoms with van der Waals surface area (Å²) >= 11 is 8.00. The number of carbonyl (C=O) groups is 1. The lowest BCUT2D eigenvalue weighted by Gasteiger charge is -2.25. The van der Waals surface area contributed by atoms with Gasteiger partial charge in [0, 0.05) is 16.3 Å². The smallest absolute Gasteiger partial charge is 0.338 e. The molecule has 0 amide bonds. The quantitative estimate of drug-likeness (QED) is 0.167. The fraction of sp³-hybridized carbons (Fsp3) is 0.103. The molecule has 4 aromatic carbocycles. The van der Waals surface area contributed by atoms with Crippen molar-refractivity contribution in [1.82, 2.24) is 9.13 Å². The minimum Gasteiger partial charge on any atom is -0.463 e. The summed E-state index contributed by atoms with van der Waals surface area (Å²) in [5.41, 5.74) is 7.02. The number of thiazole rings is 1. The van der Waals surface area contributed by atoms with E-state index in [1.54, 1.807) is 24.5 Å². The number of rotatable bonds is 7. The zero-order chi connectivity index (χ0) is 32.5. The maximum atomic E-state index is 14.5. The van der Waals surface area contributed by atoms with Crippen LogP contribution in [0.1, 0.15) is 31.0 Å². The second-order valence-electron chi connectivity index (χ2n) is 11.1. The number of fused-ring (bicyclic) bond motifs is 1. The Balaban J connectivity index is 1.52. The third-order valence-corrected chi connectivity index (χ3v) is 9.49. The molecule has 8 heteroatoms. The van der Waals surface area contributed by atoms with E-state index in [9.17, 15) is 9.59 Å². The van der Waals surface area contributed by atoms with Crippen LogP contribution in [0.15, 0.2) is 142 Å². The van der Waals surface area contributed by atoms with Crippen molar-refractivity contribution in [3.63, 3.8) is 0 Å². The maximum absolute atomic E-state index is 14.5. The van der Waals surface area contributed by atoms with Crippen LogP contribution >= 0.6 is 22.9 Å². The van der Waals surface area contributed by atoms with E-state index in [1.807, 2.05) is 78.9 Å². The van der Waals surface area contributed by atoms with Crippen LogP contribution in [0.5, 0.6) is 0 Å². The molecule has 0 bridgehead atoms. The average Bonchev–Trinajstić information content (AvgIpc) is 3.62. The molecule has 3 heterocycles. The van der Waals surface area contributed by atoms with Crippen molar-refractivity contribution in [2.45, 2.75) is 19.9 Å². The number of nitrogens with zero attached hydrogens (tertiary/aromatic N) is 3. The number of halogens is 1. The van der Waals surface area contributed by atoms with Gasteiger partial charge in [0.15, 0.2) is 4.80 Å². The molecule has 0 spiro atoms. The molecule has 0 fully saturated rings. The first-order valence-corrected chi connectivity index (χ1v) is 16.5. The summed E-state index contributed by atoms with van der Waals surface area (Å²) in [5.74, 6) is -0.522. The maximum Gasteiger partial charge on any atom is 0.338 e. The highest BCUT2D eigenvalue weighted by Gasteiger charge is 2.34. The van der Waals surface area contributed by atoms with Gasteiger partial charge in [0.1, 0.15) is 6.04 Å². The Hall–Kier alpha value is -5.24. The summed E-state index contributed by atoms with van der Waals surface area (Å²) in [6.07, 6.45) is 1.94. The molecular formula is C39H30ClN3O3S. The summed E-state index contributed by atoms with van der Waals surface area (Å²) in [6, 6.07) is 39.2. The van der Waals surface area contributed by atoms with Gasteiger partial charge in [-0.25, -0.2) is 9.79 Å². The molecule has 0 radical (unpaired) electrons. The lowest BCUT2D eigenvalue weighted by Crippen LogP contribution is -2.40. The van der Waals surface area contributed by atoms with Crippen molar-refractivity contribution in [3.8, 4) is 28.2 Å². The van der Waals surface area contributed by atoms with Crippen LogP contribution in [0.2, 0.25) is 5.02 Å². The lowest BCUT2D eigenvalue weighted by molar-refractivity contribution is -0.139. The van der Waals surface area contributed by atoms with Crippen molar-refractivity contribution in [2.24, 2.45) is 4.99 Å². The van der Waals surface area contributed by atoms with Crippen molar-refractivity contribution in [2.75, 3.05) is 6.61 Å². The third-order valence-electron chi connectivity index (χ3n) is 8.16. The minimum atomic E-state index is -0.788. The first-order chi connectivity index (χ1) is 23.0. The molecule has 232 valence electrons. The molecule has 0 N–H and O–H groups in total. The minimum absolute atomic E-state index is 0.194. The summed E-state index contributed by atoms with van der Waals surface area (Å²) in [7, 11) is 0. The second kappa shape index (κ2) is 12.9. The first-order valence-electron chi connectivity index (χ1n) is 15.3. The largest absolute Gasteiger partial charge is 0.463 e. The van der Waals surface area contributed by atoms with Gasteiger partial charge in [0.05, 0.1) is 33.8 Å². The highest BCUT2D eigenvalue weighted by atomic mass is 35.5. The summed E-state index contributed by atoms with van der Waals surface area (Å²) < 4.78 is 9.74. The number of esters is 1. The average molecular weight is 656 g/mol. The van der Waals surface area contributed by atoms with Crippen molar-refractivity contribution in [1.29, 1.82) is 0 Å². The summed E-state index contributed by atoms with van der Waals surface area (Å²) in [6.45, 7) is 3.72. The number of allylic oxidation sites excluding steroid dienone is 1. The molecule has 1 aliphatic rings. The van der Waals surface area contributed by atoms with Crippen LogP contribution in [0, 0.1) is 0 Å². The molecule has 0 saturated carbocycles. The van der Waals surface area contributed by atoms with E-state index in [2.05, 4.69) is 47.0 Å². The standard InChI is InChI=1S/C39H30ClN3O3S/c1-3-46-38(45)34-25(2)41-39-43(36(34)30-21-13-14-22-31(30)40)37(44)33(47-39)24-28-23-32(26-15-7-4-8-16-26)42(29-19-11-6-12-20-29)35(28)27-17-9-5-10-18-27/h4-24,36H,3H2,1-2H3/b33-24-/t36-/m1/s1. The zero-order valence-electron chi connectivity index (χ0n) is 25.8. The van der Waals surface area contributed by atoms with E-state index < -0.39 is 12.0 Å². The second-order valence-corrected chi connectivity index (χ2v) is 12.5. The highest BCUT2D eigenvalue weighted by molar-refractivity contribution is 7.07. The van der Waals surface area contributed by atoms with Crippen LogP contribution in [0.25, 0.3) is 34.3 Å². The molecule has 6 nitrogen and oxygen atoms in total. The predicted molar refractivity (Wildman–Crippen MR) is 188 cm³/mol. The van der Waals surface area contributed by atoms with Gasteiger partial charge in [-0.1, -0.05) is 120 Å². The Labute approximate surface area is 280 Å². The topological polar surface area (TPSA) is 65.6 Å². The molecule has 2 aromatic heterocycles.